The number of carbonyl (C=O) groups is 2. The van der Waals surface area contributed by atoms with Crippen molar-refractivity contribution < 1.29 is 37.7 Å². The first-order valence-electron chi connectivity index (χ1n) is 16.3. The summed E-state index contributed by atoms with van der Waals surface area (Å²) in [7, 11) is 1.26. The molecule has 0 unspecified atom stereocenters. The Kier molecular flexibility index (Phi) is 10.6. The molecule has 262 valence electrons. The number of fused-ring (bicyclic) bond motifs is 2. The van der Waals surface area contributed by atoms with Gasteiger partial charge in [0.05, 0.1) is 42.2 Å². The fraction of sp³-hybridized carbons (Fsp3) is 0.231. The van der Waals surface area contributed by atoms with Crippen LogP contribution in [0.15, 0.2) is 99.9 Å². The minimum atomic E-state index is -0.930. The van der Waals surface area contributed by atoms with E-state index in [1.54, 1.807) is 69.3 Å². The lowest BCUT2D eigenvalue weighted by Gasteiger charge is -2.25. The average molecular weight is 711 g/mol. The molecule has 0 saturated heterocycles. The highest BCUT2D eigenvalue weighted by Gasteiger charge is 2.34. The van der Waals surface area contributed by atoms with Gasteiger partial charge in [-0.2, -0.15) is 0 Å². The van der Waals surface area contributed by atoms with Crippen molar-refractivity contribution >= 4 is 40.1 Å². The summed E-state index contributed by atoms with van der Waals surface area (Å²) in [6, 6.07) is 21.9. The molecule has 2 heterocycles. The third-order valence-corrected chi connectivity index (χ3v) is 9.20. The van der Waals surface area contributed by atoms with E-state index in [0.717, 1.165) is 10.8 Å². The second-order valence-corrected chi connectivity index (χ2v) is 12.4. The third-order valence-electron chi connectivity index (χ3n) is 8.22. The summed E-state index contributed by atoms with van der Waals surface area (Å²) in [4.78, 5) is 44.8. The van der Waals surface area contributed by atoms with Crippen molar-refractivity contribution in [2.24, 2.45) is 4.99 Å². The highest BCUT2D eigenvalue weighted by molar-refractivity contribution is 7.07. The van der Waals surface area contributed by atoms with Gasteiger partial charge in [0.15, 0.2) is 22.9 Å². The number of carbonyl (C=O) groups excluding carboxylic acids is 2. The van der Waals surface area contributed by atoms with E-state index in [4.69, 9.17) is 28.7 Å². The summed E-state index contributed by atoms with van der Waals surface area (Å²) in [5, 5.41) is 1.75. The molecule has 10 nitrogen and oxygen atoms in total. The zero-order valence-corrected chi connectivity index (χ0v) is 29.3. The maximum absolute atomic E-state index is 14.5. The monoisotopic (exact) mass is 710 g/mol. The summed E-state index contributed by atoms with van der Waals surface area (Å²) in [5.41, 5.74) is 1.77. The van der Waals surface area contributed by atoms with Crippen LogP contribution in [0.4, 0.5) is 4.39 Å². The summed E-state index contributed by atoms with van der Waals surface area (Å²) in [6.45, 7) is 5.26. The number of methoxy groups -OCH3 is 1. The number of rotatable bonds is 12. The van der Waals surface area contributed by atoms with Crippen LogP contribution in [-0.2, 0) is 25.7 Å². The lowest BCUT2D eigenvalue weighted by Crippen LogP contribution is -2.40. The molecule has 0 radical (unpaired) electrons. The molecule has 6 rings (SSSR count). The van der Waals surface area contributed by atoms with E-state index in [-0.39, 0.29) is 43.6 Å². The van der Waals surface area contributed by atoms with Gasteiger partial charge in [-0.3, -0.25) is 9.36 Å². The normalized spacial score (nSPS) is 14.1. The molecular formula is C39H35FN2O8S. The number of hydrogen-bond donors (Lipinski definition) is 0. The molecule has 1 aliphatic rings. The number of ether oxygens (including phenoxy) is 5. The molecule has 0 spiro atoms. The number of allylic oxidation sites excluding steroid dienone is 1. The Labute approximate surface area is 296 Å². The Morgan fingerprint density at radius 3 is 2.45 bits per heavy atom. The Morgan fingerprint density at radius 1 is 0.922 bits per heavy atom. The molecule has 0 saturated carbocycles. The second-order valence-electron chi connectivity index (χ2n) is 11.4. The topological polar surface area (TPSA) is 115 Å². The predicted molar refractivity (Wildman–Crippen MR) is 190 cm³/mol. The van der Waals surface area contributed by atoms with Gasteiger partial charge in [-0.15, -0.1) is 0 Å². The van der Waals surface area contributed by atoms with E-state index >= 15 is 0 Å². The van der Waals surface area contributed by atoms with Crippen molar-refractivity contribution in [3.8, 4) is 17.2 Å². The molecule has 0 aliphatic carbocycles. The van der Waals surface area contributed by atoms with E-state index in [1.165, 1.54) is 29.1 Å². The van der Waals surface area contributed by atoms with E-state index < -0.39 is 23.5 Å². The van der Waals surface area contributed by atoms with Crippen LogP contribution in [0.25, 0.3) is 16.8 Å². The second kappa shape index (κ2) is 15.4. The van der Waals surface area contributed by atoms with E-state index in [1.807, 2.05) is 30.3 Å². The number of benzene rings is 4. The van der Waals surface area contributed by atoms with Crippen LogP contribution in [0.3, 0.4) is 0 Å². The number of aromatic nitrogens is 1. The quantitative estimate of drug-likeness (QED) is 0.153. The number of hydrogen-bond acceptors (Lipinski definition) is 10. The van der Waals surface area contributed by atoms with Crippen LogP contribution in [0.5, 0.6) is 17.2 Å². The standard InChI is InChI=1S/C39H35FN2O8S/c1-5-47-32-19-25(16-18-31(32)50-22-34(43)46-4)36-35(38(45)48-6-2)23(3)41-39-42(36)37(44)33(51-39)20-28-27-13-9-7-11-24(27)15-17-30(28)49-21-26-12-8-10-14-29(26)40/h7-20,36H,5-6,21-22H2,1-4H3/b33-20+/t36-/m1/s1. The van der Waals surface area contributed by atoms with Gasteiger partial charge in [-0.05, 0) is 67.4 Å². The van der Waals surface area contributed by atoms with Crippen LogP contribution in [0.2, 0.25) is 0 Å². The number of esters is 2. The molecule has 1 aromatic heterocycles. The molecule has 4 aromatic carbocycles. The third kappa shape index (κ3) is 7.27. The number of halogens is 1. The molecule has 0 amide bonds. The zero-order chi connectivity index (χ0) is 36.1. The van der Waals surface area contributed by atoms with E-state index in [0.29, 0.717) is 43.2 Å². The van der Waals surface area contributed by atoms with Gasteiger partial charge >= 0.3 is 11.9 Å². The van der Waals surface area contributed by atoms with Gasteiger partial charge in [0, 0.05) is 11.1 Å². The van der Waals surface area contributed by atoms with E-state index in [2.05, 4.69) is 0 Å². The Hall–Kier alpha value is -5.75. The van der Waals surface area contributed by atoms with Gasteiger partial charge in [0.2, 0.25) is 0 Å². The predicted octanol–water partition coefficient (Wildman–Crippen LogP) is 5.62. The van der Waals surface area contributed by atoms with Crippen molar-refractivity contribution in [2.75, 3.05) is 26.9 Å². The maximum Gasteiger partial charge on any atom is 0.343 e. The van der Waals surface area contributed by atoms with Crippen LogP contribution < -0.4 is 29.1 Å². The zero-order valence-electron chi connectivity index (χ0n) is 28.4. The Balaban J connectivity index is 1.51. The first-order valence-corrected chi connectivity index (χ1v) is 17.1. The van der Waals surface area contributed by atoms with Crippen molar-refractivity contribution in [3.05, 3.63) is 132 Å². The largest absolute Gasteiger partial charge is 0.490 e. The first kappa shape index (κ1) is 35.1. The molecule has 0 bridgehead atoms. The van der Waals surface area contributed by atoms with Gasteiger partial charge in [0.1, 0.15) is 18.2 Å². The summed E-state index contributed by atoms with van der Waals surface area (Å²) in [5.74, 6) is -0.492. The van der Waals surface area contributed by atoms with Crippen LogP contribution in [-0.4, -0.2) is 43.4 Å². The minimum absolute atomic E-state index is 0.0172. The van der Waals surface area contributed by atoms with Crippen LogP contribution >= 0.6 is 11.3 Å². The lowest BCUT2D eigenvalue weighted by atomic mass is 9.95. The number of nitrogens with zero attached hydrogens (tertiary/aromatic N) is 2. The summed E-state index contributed by atoms with van der Waals surface area (Å²) >= 11 is 1.17. The number of thiazole rings is 1. The smallest absolute Gasteiger partial charge is 0.343 e. The fourth-order valence-electron chi connectivity index (χ4n) is 5.84. The minimum Gasteiger partial charge on any atom is -0.490 e. The van der Waals surface area contributed by atoms with Crippen LogP contribution in [0, 0.1) is 5.82 Å². The average Bonchev–Trinajstić information content (AvgIpc) is 3.44. The van der Waals surface area contributed by atoms with Gasteiger partial charge in [-0.25, -0.2) is 19.0 Å². The molecule has 12 heteroatoms. The highest BCUT2D eigenvalue weighted by atomic mass is 32.1. The molecule has 5 aromatic rings. The summed E-state index contributed by atoms with van der Waals surface area (Å²) in [6.07, 6.45) is 1.75. The first-order chi connectivity index (χ1) is 24.7. The van der Waals surface area contributed by atoms with Crippen molar-refractivity contribution in [1.82, 2.24) is 4.57 Å². The van der Waals surface area contributed by atoms with Crippen LogP contribution in [0.1, 0.15) is 43.5 Å². The molecular weight excluding hydrogens is 676 g/mol. The Morgan fingerprint density at radius 2 is 1.69 bits per heavy atom. The molecule has 0 N–H and O–H groups in total. The highest BCUT2D eigenvalue weighted by Crippen LogP contribution is 2.37. The maximum atomic E-state index is 14.5. The SMILES string of the molecule is CCOC(=O)C1=C(C)N=c2s/c(=C/c3c(OCc4ccccc4F)ccc4ccccc34)c(=O)n2[C@@H]1c1ccc(OCC(=O)OC)c(OCC)c1. The lowest BCUT2D eigenvalue weighted by molar-refractivity contribution is -0.143. The van der Waals surface area contributed by atoms with Crippen molar-refractivity contribution in [2.45, 2.75) is 33.4 Å². The molecule has 0 fully saturated rings. The Bertz CT molecular complexity index is 2350. The van der Waals surface area contributed by atoms with Crippen molar-refractivity contribution in [1.29, 1.82) is 0 Å². The van der Waals surface area contributed by atoms with Gasteiger partial charge in [0.25, 0.3) is 5.56 Å². The summed E-state index contributed by atoms with van der Waals surface area (Å²) < 4.78 is 44.1. The molecule has 1 atom stereocenters. The van der Waals surface area contributed by atoms with E-state index in [9.17, 15) is 18.8 Å². The molecule has 51 heavy (non-hydrogen) atoms. The fourth-order valence-corrected chi connectivity index (χ4v) is 6.87. The molecule has 1 aliphatic heterocycles. The van der Waals surface area contributed by atoms with Gasteiger partial charge in [-0.1, -0.05) is 65.9 Å². The van der Waals surface area contributed by atoms with Crippen molar-refractivity contribution in [3.63, 3.8) is 0 Å². The van der Waals surface area contributed by atoms with Gasteiger partial charge < -0.3 is 23.7 Å².